The van der Waals surface area contributed by atoms with Crippen LogP contribution in [0.15, 0.2) is 0 Å². The van der Waals surface area contributed by atoms with Crippen LogP contribution in [0.3, 0.4) is 0 Å². The monoisotopic (exact) mass is 416 g/mol. The van der Waals surface area contributed by atoms with Gasteiger partial charge in [-0.1, -0.05) is 53.9 Å². The Labute approximate surface area is 186 Å². The molecule has 2 nitrogen and oxygen atoms in total. The molecule has 0 unspecified atom stereocenters. The Morgan fingerprint density at radius 3 is 2.50 bits per heavy atom. The molecule has 10 atom stereocenters. The Balaban J connectivity index is 1.32. The SMILES string of the molecule is CO[C@H]1CC[C@]2(C)[C@@H]3CC[C@@]4(C)[C@H](CC[C@H]4[C@@H](C)CCCC(C)C)[C@H]3C[C@@H]3O[C@@]32C1. The maximum atomic E-state index is 6.65. The lowest BCUT2D eigenvalue weighted by atomic mass is 9.44. The normalized spacial score (nSPS) is 52.9. The van der Waals surface area contributed by atoms with E-state index >= 15 is 0 Å². The third-order valence-corrected chi connectivity index (χ3v) is 11.6. The number of methoxy groups -OCH3 is 1. The molecule has 0 bridgehead atoms. The second kappa shape index (κ2) is 7.47. The number of fused-ring (bicyclic) bond motifs is 4. The zero-order chi connectivity index (χ0) is 21.3. The summed E-state index contributed by atoms with van der Waals surface area (Å²) in [5.41, 5.74) is 1.16. The quantitative estimate of drug-likeness (QED) is 0.425. The molecule has 0 aromatic heterocycles. The Morgan fingerprint density at radius 2 is 1.77 bits per heavy atom. The minimum atomic E-state index is 0.170. The number of hydrogen-bond donors (Lipinski definition) is 0. The van der Waals surface area contributed by atoms with Gasteiger partial charge in [-0.2, -0.15) is 0 Å². The fourth-order valence-corrected chi connectivity index (χ4v) is 9.87. The number of epoxide rings is 1. The van der Waals surface area contributed by atoms with Crippen molar-refractivity contribution in [3.63, 3.8) is 0 Å². The lowest BCUT2D eigenvalue weighted by molar-refractivity contribution is -0.121. The molecule has 1 heterocycles. The van der Waals surface area contributed by atoms with Crippen LogP contribution in [-0.4, -0.2) is 24.9 Å². The molecule has 0 radical (unpaired) electrons. The van der Waals surface area contributed by atoms with Crippen LogP contribution in [-0.2, 0) is 9.47 Å². The average Bonchev–Trinajstić information content (AvgIpc) is 3.28. The molecule has 30 heavy (non-hydrogen) atoms. The van der Waals surface area contributed by atoms with Gasteiger partial charge in [0.1, 0.15) is 5.60 Å². The predicted molar refractivity (Wildman–Crippen MR) is 123 cm³/mol. The van der Waals surface area contributed by atoms with Crippen molar-refractivity contribution in [1.82, 2.24) is 0 Å². The third kappa shape index (κ3) is 3.01. The molecule has 4 saturated carbocycles. The van der Waals surface area contributed by atoms with Gasteiger partial charge in [-0.25, -0.2) is 0 Å². The molecule has 0 N–H and O–H groups in total. The van der Waals surface area contributed by atoms with Crippen LogP contribution in [0.1, 0.15) is 105 Å². The van der Waals surface area contributed by atoms with Crippen LogP contribution in [0, 0.1) is 46.3 Å². The van der Waals surface area contributed by atoms with Gasteiger partial charge in [-0.15, -0.1) is 0 Å². The summed E-state index contributed by atoms with van der Waals surface area (Å²) in [7, 11) is 1.90. The van der Waals surface area contributed by atoms with Crippen molar-refractivity contribution in [2.75, 3.05) is 7.11 Å². The van der Waals surface area contributed by atoms with Gasteiger partial charge in [-0.3, -0.25) is 0 Å². The van der Waals surface area contributed by atoms with Gasteiger partial charge >= 0.3 is 0 Å². The topological polar surface area (TPSA) is 21.8 Å². The Bertz CT molecular complexity index is 645. The third-order valence-electron chi connectivity index (χ3n) is 11.6. The fraction of sp³-hybridized carbons (Fsp3) is 1.00. The van der Waals surface area contributed by atoms with Gasteiger partial charge in [-0.05, 0) is 85.9 Å². The molecule has 1 spiro atoms. The molecule has 172 valence electrons. The molecule has 5 aliphatic rings. The van der Waals surface area contributed by atoms with Gasteiger partial charge in [0.2, 0.25) is 0 Å². The average molecular weight is 417 g/mol. The first-order valence-electron chi connectivity index (χ1n) is 13.5. The Morgan fingerprint density at radius 1 is 0.967 bits per heavy atom. The Hall–Kier alpha value is -0.0800. The van der Waals surface area contributed by atoms with Gasteiger partial charge < -0.3 is 9.47 Å². The van der Waals surface area contributed by atoms with E-state index in [1.807, 2.05) is 7.11 Å². The number of ether oxygens (including phenoxy) is 2. The first-order chi connectivity index (χ1) is 14.2. The van der Waals surface area contributed by atoms with Gasteiger partial charge in [0, 0.05) is 18.9 Å². The maximum absolute atomic E-state index is 6.65. The summed E-state index contributed by atoms with van der Waals surface area (Å²) in [4.78, 5) is 0. The van der Waals surface area contributed by atoms with Crippen molar-refractivity contribution in [2.24, 2.45) is 46.3 Å². The summed E-state index contributed by atoms with van der Waals surface area (Å²) in [6, 6.07) is 0. The molecule has 5 rings (SSSR count). The molecule has 5 fully saturated rings. The van der Waals surface area contributed by atoms with E-state index in [4.69, 9.17) is 9.47 Å². The highest BCUT2D eigenvalue weighted by Crippen LogP contribution is 2.74. The predicted octanol–water partition coefficient (Wildman–Crippen LogP) is 7.25. The smallest absolute Gasteiger partial charge is 0.103 e. The number of hydrogen-bond acceptors (Lipinski definition) is 2. The van der Waals surface area contributed by atoms with Crippen molar-refractivity contribution >= 4 is 0 Å². The molecule has 4 aliphatic carbocycles. The van der Waals surface area contributed by atoms with E-state index in [1.165, 1.54) is 64.2 Å². The minimum Gasteiger partial charge on any atom is -0.381 e. The van der Waals surface area contributed by atoms with Crippen LogP contribution in [0.5, 0.6) is 0 Å². The summed E-state index contributed by atoms with van der Waals surface area (Å²) in [5.74, 6) is 5.48. The lowest BCUT2D eigenvalue weighted by Gasteiger charge is -2.59. The highest BCUT2D eigenvalue weighted by molar-refractivity contribution is 5.24. The lowest BCUT2D eigenvalue weighted by Crippen LogP contribution is -2.58. The second-order valence-corrected chi connectivity index (χ2v) is 13.2. The molecule has 0 amide bonds. The van der Waals surface area contributed by atoms with Crippen LogP contribution in [0.25, 0.3) is 0 Å². The van der Waals surface area contributed by atoms with E-state index in [2.05, 4.69) is 34.6 Å². The van der Waals surface area contributed by atoms with E-state index in [1.54, 1.807) is 0 Å². The van der Waals surface area contributed by atoms with E-state index in [9.17, 15) is 0 Å². The van der Waals surface area contributed by atoms with Gasteiger partial charge in [0.15, 0.2) is 0 Å². The molecule has 1 aliphatic heterocycles. The summed E-state index contributed by atoms with van der Waals surface area (Å²) >= 11 is 0. The van der Waals surface area contributed by atoms with Gasteiger partial charge in [0.05, 0.1) is 12.2 Å². The fourth-order valence-electron chi connectivity index (χ4n) is 9.87. The molecule has 0 aromatic rings. The van der Waals surface area contributed by atoms with Crippen LogP contribution in [0.4, 0.5) is 0 Å². The highest BCUT2D eigenvalue weighted by atomic mass is 16.6. The van der Waals surface area contributed by atoms with E-state index in [0.29, 0.717) is 23.0 Å². The largest absolute Gasteiger partial charge is 0.381 e. The maximum Gasteiger partial charge on any atom is 0.103 e. The van der Waals surface area contributed by atoms with Crippen LogP contribution < -0.4 is 0 Å². The first-order valence-corrected chi connectivity index (χ1v) is 13.5. The van der Waals surface area contributed by atoms with Crippen molar-refractivity contribution in [2.45, 2.75) is 123 Å². The summed E-state index contributed by atoms with van der Waals surface area (Å²) < 4.78 is 12.5. The summed E-state index contributed by atoms with van der Waals surface area (Å²) in [6.07, 6.45) is 16.2. The molecule has 1 saturated heterocycles. The number of rotatable bonds is 6. The van der Waals surface area contributed by atoms with E-state index in [-0.39, 0.29) is 5.60 Å². The zero-order valence-electron chi connectivity index (χ0n) is 20.7. The molecule has 2 heteroatoms. The summed E-state index contributed by atoms with van der Waals surface area (Å²) in [5, 5.41) is 0. The zero-order valence-corrected chi connectivity index (χ0v) is 20.7. The summed E-state index contributed by atoms with van der Waals surface area (Å²) in [6.45, 7) is 12.7. The van der Waals surface area contributed by atoms with Crippen molar-refractivity contribution in [3.05, 3.63) is 0 Å². The minimum absolute atomic E-state index is 0.170. The standard InChI is InChI=1S/C28H48O2/c1-18(2)8-7-9-19(3)22-10-11-23-21-16-25-28(30-25)17-20(29-6)12-15-27(28,5)24(21)13-14-26(22,23)4/h18-25H,7-17H2,1-6H3/t19-,20-,21+,22-,23+,24+,25-,26+,27+,28-/m0/s1. The molecule has 0 aromatic carbocycles. The molecular formula is C28H48O2. The first kappa shape index (κ1) is 21.7. The van der Waals surface area contributed by atoms with Crippen molar-refractivity contribution < 1.29 is 9.47 Å². The highest BCUT2D eigenvalue weighted by Gasteiger charge is 2.76. The Kier molecular flexibility index (Phi) is 5.42. The second-order valence-electron chi connectivity index (χ2n) is 13.2. The van der Waals surface area contributed by atoms with E-state index < -0.39 is 0 Å². The van der Waals surface area contributed by atoms with Crippen molar-refractivity contribution in [1.29, 1.82) is 0 Å². The van der Waals surface area contributed by atoms with Gasteiger partial charge in [0.25, 0.3) is 0 Å². The van der Waals surface area contributed by atoms with Crippen LogP contribution in [0.2, 0.25) is 0 Å². The van der Waals surface area contributed by atoms with E-state index in [0.717, 1.165) is 41.9 Å². The molecular weight excluding hydrogens is 368 g/mol. The van der Waals surface area contributed by atoms with Crippen molar-refractivity contribution in [3.8, 4) is 0 Å². The van der Waals surface area contributed by atoms with Crippen LogP contribution >= 0.6 is 0 Å².